The molecule has 0 N–H and O–H groups in total. The van der Waals surface area contributed by atoms with Gasteiger partial charge in [-0.1, -0.05) is 0 Å². The second-order valence-corrected chi connectivity index (χ2v) is 6.37. The number of benzene rings is 1. The van der Waals surface area contributed by atoms with Crippen molar-refractivity contribution in [3.8, 4) is 6.07 Å². The number of nitriles is 1. The quantitative estimate of drug-likeness (QED) is 0.798. The van der Waals surface area contributed by atoms with Crippen molar-refractivity contribution in [2.24, 2.45) is 0 Å². The first-order valence-electron chi connectivity index (χ1n) is 8.55. The van der Waals surface area contributed by atoms with Crippen LogP contribution in [-0.2, 0) is 10.9 Å². The summed E-state index contributed by atoms with van der Waals surface area (Å²) in [6, 6.07) is 8.05. The van der Waals surface area contributed by atoms with E-state index in [-0.39, 0.29) is 30.9 Å². The average Bonchev–Trinajstić information content (AvgIpc) is 3.21. The highest BCUT2D eigenvalue weighted by Crippen LogP contribution is 2.35. The number of hydrogen-bond acceptors (Lipinski definition) is 5. The van der Waals surface area contributed by atoms with Crippen molar-refractivity contribution in [3.63, 3.8) is 0 Å². The summed E-state index contributed by atoms with van der Waals surface area (Å²) in [4.78, 5) is 15.9. The van der Waals surface area contributed by atoms with Gasteiger partial charge in [-0.05, 0) is 30.3 Å². The Kier molecular flexibility index (Phi) is 5.61. The van der Waals surface area contributed by atoms with Crippen molar-refractivity contribution in [1.82, 2.24) is 4.90 Å². The molecular weight excluding hydrogens is 375 g/mol. The van der Waals surface area contributed by atoms with Gasteiger partial charge in [0.2, 0.25) is 0 Å². The number of halogens is 3. The predicted molar refractivity (Wildman–Crippen MR) is 93.8 cm³/mol. The van der Waals surface area contributed by atoms with Gasteiger partial charge in [0.1, 0.15) is 0 Å². The Labute approximate surface area is 159 Å². The van der Waals surface area contributed by atoms with Crippen LogP contribution in [0.4, 0.5) is 18.9 Å². The van der Waals surface area contributed by atoms with E-state index in [0.717, 1.165) is 6.07 Å². The molecule has 6 nitrogen and oxygen atoms in total. The summed E-state index contributed by atoms with van der Waals surface area (Å²) in [6.45, 7) is 1.14. The molecule has 1 aliphatic heterocycles. The van der Waals surface area contributed by atoms with Gasteiger partial charge in [0.15, 0.2) is 5.76 Å². The number of furan rings is 1. The molecule has 2 aromatic rings. The van der Waals surface area contributed by atoms with Crippen LogP contribution in [0.2, 0.25) is 0 Å². The third-order valence-corrected chi connectivity index (χ3v) is 4.62. The van der Waals surface area contributed by atoms with E-state index in [4.69, 9.17) is 14.4 Å². The molecule has 2 heterocycles. The molecule has 148 valence electrons. The summed E-state index contributed by atoms with van der Waals surface area (Å²) in [5.74, 6) is -0.0658. The van der Waals surface area contributed by atoms with Crippen molar-refractivity contribution in [1.29, 1.82) is 5.26 Å². The van der Waals surface area contributed by atoms with E-state index >= 15 is 0 Å². The smallest absolute Gasteiger partial charge is 0.417 e. The molecule has 9 heteroatoms. The predicted octanol–water partition coefficient (Wildman–Crippen LogP) is 3.15. The first-order chi connectivity index (χ1) is 13.3. The summed E-state index contributed by atoms with van der Waals surface area (Å²) in [5.41, 5.74) is -1.07. The Morgan fingerprint density at radius 1 is 1.36 bits per heavy atom. The average molecular weight is 393 g/mol. The first kappa shape index (κ1) is 19.8. The fourth-order valence-electron chi connectivity index (χ4n) is 3.31. The van der Waals surface area contributed by atoms with Crippen molar-refractivity contribution < 1.29 is 27.1 Å². The zero-order valence-electron chi connectivity index (χ0n) is 15.1. The topological polar surface area (TPSA) is 69.7 Å². The number of rotatable bonds is 4. The Balaban J connectivity index is 1.86. The highest BCUT2D eigenvalue weighted by atomic mass is 19.4. The van der Waals surface area contributed by atoms with Gasteiger partial charge in [-0.15, -0.1) is 0 Å². The molecule has 1 aliphatic rings. The molecule has 3 rings (SSSR count). The van der Waals surface area contributed by atoms with Crippen molar-refractivity contribution >= 4 is 11.6 Å². The van der Waals surface area contributed by atoms with Gasteiger partial charge in [-0.2, -0.15) is 18.4 Å². The Morgan fingerprint density at radius 2 is 2.14 bits per heavy atom. The van der Waals surface area contributed by atoms with Crippen molar-refractivity contribution in [2.45, 2.75) is 12.2 Å². The summed E-state index contributed by atoms with van der Waals surface area (Å²) in [7, 11) is 1.49. The standard InChI is InChI=1S/C19H18F3N3O3/c1-27-12-15-11-24(18(26)17-3-2-8-28-17)6-7-25(15)14-5-4-13(10-23)16(9-14)19(20,21)22/h2-5,8-9,15H,6-7,11-12H2,1H3. The number of ether oxygens (including phenoxy) is 1. The molecule has 1 fully saturated rings. The van der Waals surface area contributed by atoms with Gasteiger partial charge in [0.05, 0.1) is 36.1 Å². The largest absolute Gasteiger partial charge is 0.459 e. The zero-order valence-corrected chi connectivity index (χ0v) is 15.1. The van der Waals surface area contributed by atoms with Crippen LogP contribution in [0.3, 0.4) is 0 Å². The second-order valence-electron chi connectivity index (χ2n) is 6.37. The SMILES string of the molecule is COCC1CN(C(=O)c2ccco2)CCN1c1ccc(C#N)c(C(F)(F)F)c1. The number of amides is 1. The molecule has 1 atom stereocenters. The minimum absolute atomic E-state index is 0.211. The van der Waals surface area contributed by atoms with Gasteiger partial charge < -0.3 is 19.0 Å². The number of alkyl halides is 3. The third kappa shape index (κ3) is 3.97. The minimum atomic E-state index is -4.63. The highest BCUT2D eigenvalue weighted by molar-refractivity contribution is 5.91. The van der Waals surface area contributed by atoms with E-state index in [0.29, 0.717) is 18.8 Å². The number of carbonyl (C=O) groups excluding carboxylic acids is 1. The molecule has 0 bridgehead atoms. The van der Waals surface area contributed by atoms with Gasteiger partial charge in [0, 0.05) is 32.4 Å². The summed E-state index contributed by atoms with van der Waals surface area (Å²) >= 11 is 0. The van der Waals surface area contributed by atoms with E-state index in [1.54, 1.807) is 28.0 Å². The number of nitrogens with zero attached hydrogens (tertiary/aromatic N) is 3. The molecule has 1 saturated heterocycles. The maximum Gasteiger partial charge on any atom is 0.417 e. The molecule has 0 saturated carbocycles. The maximum absolute atomic E-state index is 13.3. The van der Waals surface area contributed by atoms with Crippen LogP contribution in [0.5, 0.6) is 0 Å². The van der Waals surface area contributed by atoms with Crippen molar-refractivity contribution in [3.05, 3.63) is 53.5 Å². The van der Waals surface area contributed by atoms with Crippen LogP contribution in [0, 0.1) is 11.3 Å². The Bertz CT molecular complexity index is 875. The van der Waals surface area contributed by atoms with Gasteiger partial charge in [-0.25, -0.2) is 0 Å². The zero-order chi connectivity index (χ0) is 20.3. The fourth-order valence-corrected chi connectivity index (χ4v) is 3.31. The monoisotopic (exact) mass is 393 g/mol. The maximum atomic E-state index is 13.3. The second kappa shape index (κ2) is 7.94. The number of carbonyl (C=O) groups is 1. The molecule has 1 aromatic heterocycles. The number of hydrogen-bond donors (Lipinski definition) is 0. The summed E-state index contributed by atoms with van der Waals surface area (Å²) in [5, 5.41) is 8.97. The third-order valence-electron chi connectivity index (χ3n) is 4.62. The van der Waals surface area contributed by atoms with Gasteiger partial charge in [0.25, 0.3) is 5.91 Å². The Hall–Kier alpha value is -2.99. The summed E-state index contributed by atoms with van der Waals surface area (Å²) in [6.07, 6.45) is -3.22. The minimum Gasteiger partial charge on any atom is -0.459 e. The number of anilines is 1. The lowest BCUT2D eigenvalue weighted by molar-refractivity contribution is -0.137. The normalized spacial score (nSPS) is 17.5. The van der Waals surface area contributed by atoms with Crippen LogP contribution in [-0.4, -0.2) is 50.2 Å². The van der Waals surface area contributed by atoms with Gasteiger partial charge >= 0.3 is 6.18 Å². The van der Waals surface area contributed by atoms with Crippen LogP contribution in [0.1, 0.15) is 21.7 Å². The molecule has 0 radical (unpaired) electrons. The summed E-state index contributed by atoms with van der Waals surface area (Å²) < 4.78 is 50.2. The lowest BCUT2D eigenvalue weighted by Gasteiger charge is -2.42. The van der Waals surface area contributed by atoms with Crippen molar-refractivity contribution in [2.75, 3.05) is 38.3 Å². The number of piperazine rings is 1. The fraction of sp³-hybridized carbons (Fsp3) is 0.368. The highest BCUT2D eigenvalue weighted by Gasteiger charge is 2.36. The van der Waals surface area contributed by atoms with Crippen LogP contribution in [0.15, 0.2) is 41.0 Å². The molecule has 0 spiro atoms. The Morgan fingerprint density at radius 3 is 2.75 bits per heavy atom. The van der Waals surface area contributed by atoms with Crippen LogP contribution in [0.25, 0.3) is 0 Å². The molecule has 1 unspecified atom stereocenters. The van der Waals surface area contributed by atoms with E-state index < -0.39 is 17.3 Å². The number of methoxy groups -OCH3 is 1. The van der Waals surface area contributed by atoms with E-state index in [1.807, 2.05) is 0 Å². The van der Waals surface area contributed by atoms with E-state index in [9.17, 15) is 18.0 Å². The first-order valence-corrected chi connectivity index (χ1v) is 8.55. The van der Waals surface area contributed by atoms with Crippen LogP contribution >= 0.6 is 0 Å². The molecule has 1 aromatic carbocycles. The molecular formula is C19H18F3N3O3. The molecule has 28 heavy (non-hydrogen) atoms. The lowest BCUT2D eigenvalue weighted by atomic mass is 10.0. The molecule has 1 amide bonds. The molecule has 0 aliphatic carbocycles. The van der Waals surface area contributed by atoms with Crippen LogP contribution < -0.4 is 4.90 Å². The lowest BCUT2D eigenvalue weighted by Crippen LogP contribution is -2.56. The van der Waals surface area contributed by atoms with Gasteiger partial charge in [-0.3, -0.25) is 4.79 Å². The van der Waals surface area contributed by atoms with E-state index in [1.165, 1.54) is 25.5 Å². The van der Waals surface area contributed by atoms with E-state index in [2.05, 4.69) is 0 Å².